The molecule has 0 saturated carbocycles. The lowest BCUT2D eigenvalue weighted by molar-refractivity contribution is -0.136. The standard InChI is InChI=1S/C12H12N2O2S/c15-12(16)7-6-10-13-14-11(17-10)8-9-4-2-1-3-5-9/h1-5H,6-8H2,(H,15,16). The molecule has 0 atom stereocenters. The Hall–Kier alpha value is -1.75. The normalized spacial score (nSPS) is 10.4. The summed E-state index contributed by atoms with van der Waals surface area (Å²) in [5.41, 5.74) is 1.19. The Balaban J connectivity index is 1.97. The fraction of sp³-hybridized carbons (Fsp3) is 0.250. The van der Waals surface area contributed by atoms with E-state index in [1.807, 2.05) is 30.3 Å². The molecule has 2 rings (SSSR count). The van der Waals surface area contributed by atoms with Gasteiger partial charge in [-0.05, 0) is 5.56 Å². The molecule has 2 aromatic rings. The average molecular weight is 248 g/mol. The zero-order valence-corrected chi connectivity index (χ0v) is 9.98. The topological polar surface area (TPSA) is 63.1 Å². The summed E-state index contributed by atoms with van der Waals surface area (Å²) in [5.74, 6) is -0.801. The number of benzene rings is 1. The predicted molar refractivity (Wildman–Crippen MR) is 65.1 cm³/mol. The highest BCUT2D eigenvalue weighted by molar-refractivity contribution is 7.11. The van der Waals surface area contributed by atoms with Gasteiger partial charge in [0.1, 0.15) is 10.0 Å². The second kappa shape index (κ2) is 5.54. The number of carboxylic acid groups (broad SMARTS) is 1. The zero-order valence-electron chi connectivity index (χ0n) is 9.17. The van der Waals surface area contributed by atoms with Crippen LogP contribution in [-0.2, 0) is 17.6 Å². The van der Waals surface area contributed by atoms with Crippen molar-refractivity contribution in [1.82, 2.24) is 10.2 Å². The van der Waals surface area contributed by atoms with Crippen molar-refractivity contribution < 1.29 is 9.90 Å². The van der Waals surface area contributed by atoms with E-state index in [1.54, 1.807) is 0 Å². The van der Waals surface area contributed by atoms with Crippen LogP contribution in [-0.4, -0.2) is 21.3 Å². The van der Waals surface area contributed by atoms with E-state index < -0.39 is 5.97 Å². The molecular formula is C12H12N2O2S. The molecule has 1 aromatic carbocycles. The van der Waals surface area contributed by atoms with Crippen LogP contribution in [0.5, 0.6) is 0 Å². The number of nitrogens with zero attached hydrogens (tertiary/aromatic N) is 2. The highest BCUT2D eigenvalue weighted by atomic mass is 32.1. The molecule has 4 nitrogen and oxygen atoms in total. The first-order valence-corrected chi connectivity index (χ1v) is 6.12. The number of rotatable bonds is 5. The minimum absolute atomic E-state index is 0.111. The Morgan fingerprint density at radius 1 is 1.18 bits per heavy atom. The number of aryl methyl sites for hydroxylation is 1. The summed E-state index contributed by atoms with van der Waals surface area (Å²) in [7, 11) is 0. The molecule has 0 saturated heterocycles. The molecule has 0 fully saturated rings. The first kappa shape index (κ1) is 11.7. The summed E-state index contributed by atoms with van der Waals surface area (Å²) in [5, 5.41) is 18.3. The summed E-state index contributed by atoms with van der Waals surface area (Å²) in [4.78, 5) is 10.4. The Labute approximate surface area is 103 Å². The van der Waals surface area contributed by atoms with Crippen molar-refractivity contribution in [1.29, 1.82) is 0 Å². The van der Waals surface area contributed by atoms with Gasteiger partial charge in [0.05, 0.1) is 6.42 Å². The first-order valence-electron chi connectivity index (χ1n) is 5.31. The van der Waals surface area contributed by atoms with Crippen molar-refractivity contribution in [2.45, 2.75) is 19.3 Å². The maximum atomic E-state index is 10.4. The van der Waals surface area contributed by atoms with Crippen LogP contribution < -0.4 is 0 Å². The van der Waals surface area contributed by atoms with Gasteiger partial charge in [-0.15, -0.1) is 21.5 Å². The van der Waals surface area contributed by atoms with E-state index in [2.05, 4.69) is 10.2 Å². The molecular weight excluding hydrogens is 236 g/mol. The van der Waals surface area contributed by atoms with Crippen LogP contribution in [0.2, 0.25) is 0 Å². The average Bonchev–Trinajstić information content (AvgIpc) is 2.75. The fourth-order valence-electron chi connectivity index (χ4n) is 1.45. The van der Waals surface area contributed by atoms with Crippen LogP contribution in [0.15, 0.2) is 30.3 Å². The van der Waals surface area contributed by atoms with Crippen molar-refractivity contribution >= 4 is 17.3 Å². The van der Waals surface area contributed by atoms with Crippen molar-refractivity contribution in [2.75, 3.05) is 0 Å². The van der Waals surface area contributed by atoms with Crippen molar-refractivity contribution in [3.63, 3.8) is 0 Å². The van der Waals surface area contributed by atoms with Gasteiger partial charge < -0.3 is 5.11 Å². The van der Waals surface area contributed by atoms with E-state index >= 15 is 0 Å². The molecule has 0 radical (unpaired) electrons. The number of carbonyl (C=O) groups is 1. The molecule has 88 valence electrons. The molecule has 5 heteroatoms. The predicted octanol–water partition coefficient (Wildman–Crippen LogP) is 2.15. The number of hydrogen-bond acceptors (Lipinski definition) is 4. The van der Waals surface area contributed by atoms with Crippen LogP contribution in [0.1, 0.15) is 22.0 Å². The van der Waals surface area contributed by atoms with E-state index in [0.29, 0.717) is 6.42 Å². The van der Waals surface area contributed by atoms with E-state index in [0.717, 1.165) is 16.4 Å². The Kier molecular flexibility index (Phi) is 3.82. The minimum Gasteiger partial charge on any atom is -0.481 e. The summed E-state index contributed by atoms with van der Waals surface area (Å²) in [6.45, 7) is 0. The molecule has 0 aliphatic rings. The van der Waals surface area contributed by atoms with Gasteiger partial charge in [-0.25, -0.2) is 0 Å². The highest BCUT2D eigenvalue weighted by Gasteiger charge is 2.06. The van der Waals surface area contributed by atoms with Gasteiger partial charge >= 0.3 is 5.97 Å². The molecule has 0 unspecified atom stereocenters. The van der Waals surface area contributed by atoms with Gasteiger partial charge in [-0.3, -0.25) is 4.79 Å². The Bertz CT molecular complexity index is 496. The lowest BCUT2D eigenvalue weighted by Gasteiger charge is -1.94. The summed E-state index contributed by atoms with van der Waals surface area (Å²) >= 11 is 1.48. The number of aromatic nitrogens is 2. The van der Waals surface area contributed by atoms with Crippen LogP contribution in [0.25, 0.3) is 0 Å². The van der Waals surface area contributed by atoms with E-state index in [-0.39, 0.29) is 6.42 Å². The van der Waals surface area contributed by atoms with Gasteiger partial charge in [0.15, 0.2) is 0 Å². The summed E-state index contributed by atoms with van der Waals surface area (Å²) in [6.07, 6.45) is 1.33. The lowest BCUT2D eigenvalue weighted by atomic mass is 10.2. The molecule has 0 spiro atoms. The fourth-order valence-corrected chi connectivity index (χ4v) is 2.32. The smallest absolute Gasteiger partial charge is 0.303 e. The van der Waals surface area contributed by atoms with Crippen LogP contribution >= 0.6 is 11.3 Å². The van der Waals surface area contributed by atoms with E-state index in [1.165, 1.54) is 16.9 Å². The molecule has 17 heavy (non-hydrogen) atoms. The number of aliphatic carboxylic acids is 1. The molecule has 0 aliphatic heterocycles. The van der Waals surface area contributed by atoms with Crippen LogP contribution in [0.4, 0.5) is 0 Å². The Morgan fingerprint density at radius 2 is 1.88 bits per heavy atom. The van der Waals surface area contributed by atoms with Gasteiger partial charge in [0.25, 0.3) is 0 Å². The summed E-state index contributed by atoms with van der Waals surface area (Å²) in [6, 6.07) is 10.0. The van der Waals surface area contributed by atoms with Gasteiger partial charge in [-0.2, -0.15) is 0 Å². The lowest BCUT2D eigenvalue weighted by Crippen LogP contribution is -1.96. The van der Waals surface area contributed by atoms with Crippen LogP contribution in [0.3, 0.4) is 0 Å². The molecule has 1 heterocycles. The van der Waals surface area contributed by atoms with Crippen LogP contribution in [0, 0.1) is 0 Å². The maximum Gasteiger partial charge on any atom is 0.303 e. The van der Waals surface area contributed by atoms with E-state index in [9.17, 15) is 4.79 Å². The Morgan fingerprint density at radius 3 is 2.59 bits per heavy atom. The quantitative estimate of drug-likeness (QED) is 0.880. The number of carboxylic acids is 1. The summed E-state index contributed by atoms with van der Waals surface area (Å²) < 4.78 is 0. The third-order valence-corrected chi connectivity index (χ3v) is 3.24. The first-order chi connectivity index (χ1) is 8.24. The molecule has 1 aromatic heterocycles. The zero-order chi connectivity index (χ0) is 12.1. The van der Waals surface area contributed by atoms with E-state index in [4.69, 9.17) is 5.11 Å². The molecule has 0 aliphatic carbocycles. The van der Waals surface area contributed by atoms with Gasteiger partial charge in [0, 0.05) is 12.8 Å². The SMILES string of the molecule is O=C(O)CCc1nnc(Cc2ccccc2)s1. The van der Waals surface area contributed by atoms with Crippen molar-refractivity contribution in [3.8, 4) is 0 Å². The molecule has 1 N–H and O–H groups in total. The second-order valence-corrected chi connectivity index (χ2v) is 4.79. The largest absolute Gasteiger partial charge is 0.481 e. The minimum atomic E-state index is -0.801. The third kappa shape index (κ3) is 3.64. The van der Waals surface area contributed by atoms with Gasteiger partial charge in [0.2, 0.25) is 0 Å². The number of hydrogen-bond donors (Lipinski definition) is 1. The maximum absolute atomic E-state index is 10.4. The van der Waals surface area contributed by atoms with Crippen molar-refractivity contribution in [2.24, 2.45) is 0 Å². The molecule has 0 amide bonds. The monoisotopic (exact) mass is 248 g/mol. The van der Waals surface area contributed by atoms with Crippen molar-refractivity contribution in [3.05, 3.63) is 45.9 Å². The second-order valence-electron chi connectivity index (χ2n) is 3.65. The molecule has 0 bridgehead atoms. The third-order valence-electron chi connectivity index (χ3n) is 2.26. The highest BCUT2D eigenvalue weighted by Crippen LogP contribution is 2.15. The van der Waals surface area contributed by atoms with Gasteiger partial charge in [-0.1, -0.05) is 30.3 Å².